The third kappa shape index (κ3) is 1.96. The number of fused-ring (bicyclic) bond motifs is 3. The van der Waals surface area contributed by atoms with Gasteiger partial charge in [0.1, 0.15) is 35.0 Å². The van der Waals surface area contributed by atoms with Crippen LogP contribution in [0.4, 0.5) is 5.82 Å². The summed E-state index contributed by atoms with van der Waals surface area (Å²) < 4.78 is 5.32. The van der Waals surface area contributed by atoms with Crippen molar-refractivity contribution in [3.05, 3.63) is 24.0 Å². The number of hydrogen-bond acceptors (Lipinski definition) is 5. The number of aromatic amines is 1. The van der Waals surface area contributed by atoms with E-state index in [2.05, 4.69) is 15.0 Å². The summed E-state index contributed by atoms with van der Waals surface area (Å²) in [7, 11) is 0. The van der Waals surface area contributed by atoms with Gasteiger partial charge in [0, 0.05) is 12.0 Å². The first-order valence-corrected chi connectivity index (χ1v) is 6.03. The number of benzene rings is 1. The molecule has 3 aromatic rings. The van der Waals surface area contributed by atoms with Crippen molar-refractivity contribution in [1.82, 2.24) is 15.0 Å². The molecule has 2 aromatic heterocycles. The van der Waals surface area contributed by atoms with E-state index in [-0.39, 0.29) is 5.75 Å². The summed E-state index contributed by atoms with van der Waals surface area (Å²) in [5.74, 6) is 1.26. The molecule has 0 aliphatic rings. The Morgan fingerprint density at radius 1 is 1.37 bits per heavy atom. The first kappa shape index (κ1) is 11.7. The molecule has 0 bridgehead atoms. The highest BCUT2D eigenvalue weighted by molar-refractivity contribution is 6.06. The number of phenols is 1. The second kappa shape index (κ2) is 4.40. The van der Waals surface area contributed by atoms with E-state index in [0.717, 1.165) is 5.39 Å². The summed E-state index contributed by atoms with van der Waals surface area (Å²) in [6.07, 6.45) is 0. The highest BCUT2D eigenvalue weighted by Crippen LogP contribution is 2.28. The molecule has 2 heterocycles. The lowest BCUT2D eigenvalue weighted by atomic mass is 10.2. The molecular weight excluding hydrogens is 244 g/mol. The van der Waals surface area contributed by atoms with E-state index in [4.69, 9.17) is 10.5 Å². The molecule has 0 fully saturated rings. The summed E-state index contributed by atoms with van der Waals surface area (Å²) in [5, 5.41) is 10.4. The Bertz CT molecular complexity index is 751. The highest BCUT2D eigenvalue weighted by atomic mass is 16.5. The maximum Gasteiger partial charge on any atom is 0.150 e. The number of pyridine rings is 1. The molecule has 0 radical (unpaired) electrons. The van der Waals surface area contributed by atoms with E-state index in [9.17, 15) is 5.11 Å². The van der Waals surface area contributed by atoms with E-state index < -0.39 is 0 Å². The molecule has 4 N–H and O–H groups in total. The van der Waals surface area contributed by atoms with Gasteiger partial charge in [0.2, 0.25) is 0 Å². The van der Waals surface area contributed by atoms with Crippen molar-refractivity contribution in [2.45, 2.75) is 13.5 Å². The monoisotopic (exact) mass is 258 g/mol. The fourth-order valence-electron chi connectivity index (χ4n) is 2.07. The first-order chi connectivity index (χ1) is 9.19. The minimum Gasteiger partial charge on any atom is -0.508 e. The van der Waals surface area contributed by atoms with Crippen LogP contribution in [-0.2, 0) is 11.3 Å². The Kier molecular flexibility index (Phi) is 2.72. The van der Waals surface area contributed by atoms with Crippen LogP contribution < -0.4 is 5.73 Å². The number of nitrogens with zero attached hydrogens (tertiary/aromatic N) is 2. The number of H-pyrrole nitrogens is 1. The van der Waals surface area contributed by atoms with Crippen LogP contribution in [0.2, 0.25) is 0 Å². The van der Waals surface area contributed by atoms with E-state index in [0.29, 0.717) is 41.4 Å². The largest absolute Gasteiger partial charge is 0.508 e. The molecule has 0 aliphatic heterocycles. The molecule has 0 aliphatic carbocycles. The van der Waals surface area contributed by atoms with Gasteiger partial charge in [-0.2, -0.15) is 0 Å². The fraction of sp³-hybridized carbons (Fsp3) is 0.231. The van der Waals surface area contributed by atoms with Crippen molar-refractivity contribution in [3.8, 4) is 5.75 Å². The van der Waals surface area contributed by atoms with E-state index in [1.165, 1.54) is 0 Å². The number of ether oxygens (including phenoxy) is 1. The molecule has 0 atom stereocenters. The van der Waals surface area contributed by atoms with E-state index >= 15 is 0 Å². The van der Waals surface area contributed by atoms with Gasteiger partial charge in [-0.05, 0) is 25.1 Å². The van der Waals surface area contributed by atoms with Gasteiger partial charge in [0.05, 0.1) is 5.52 Å². The Labute approximate surface area is 109 Å². The Balaban J connectivity index is 2.26. The Morgan fingerprint density at radius 3 is 3.00 bits per heavy atom. The predicted molar refractivity (Wildman–Crippen MR) is 72.8 cm³/mol. The molecule has 6 heteroatoms. The molecule has 0 saturated heterocycles. The van der Waals surface area contributed by atoms with Crippen molar-refractivity contribution in [2.24, 2.45) is 0 Å². The van der Waals surface area contributed by atoms with Crippen molar-refractivity contribution < 1.29 is 9.84 Å². The molecule has 0 saturated carbocycles. The zero-order valence-corrected chi connectivity index (χ0v) is 10.5. The number of rotatable bonds is 3. The Morgan fingerprint density at radius 2 is 2.21 bits per heavy atom. The second-order valence-electron chi connectivity index (χ2n) is 4.24. The smallest absolute Gasteiger partial charge is 0.150 e. The number of hydrogen-bond donors (Lipinski definition) is 3. The lowest BCUT2D eigenvalue weighted by Gasteiger charge is -2.01. The molecule has 0 amide bonds. The number of anilines is 1. The number of nitrogen functional groups attached to an aromatic ring is 1. The van der Waals surface area contributed by atoms with E-state index in [1.807, 2.05) is 6.92 Å². The van der Waals surface area contributed by atoms with Crippen LogP contribution >= 0.6 is 0 Å². The van der Waals surface area contributed by atoms with Crippen LogP contribution in [0, 0.1) is 0 Å². The van der Waals surface area contributed by atoms with Crippen LogP contribution in [0.15, 0.2) is 18.2 Å². The zero-order chi connectivity index (χ0) is 13.4. The lowest BCUT2D eigenvalue weighted by Crippen LogP contribution is -1.94. The van der Waals surface area contributed by atoms with Crippen molar-refractivity contribution >= 4 is 27.8 Å². The Hall–Kier alpha value is -2.34. The number of aromatic nitrogens is 3. The van der Waals surface area contributed by atoms with Gasteiger partial charge in [0.25, 0.3) is 0 Å². The maximum absolute atomic E-state index is 9.59. The number of nitrogens with one attached hydrogen (secondary N) is 1. The van der Waals surface area contributed by atoms with Crippen LogP contribution in [-0.4, -0.2) is 26.7 Å². The molecule has 6 nitrogen and oxygen atoms in total. The van der Waals surface area contributed by atoms with Gasteiger partial charge in [-0.1, -0.05) is 0 Å². The topological polar surface area (TPSA) is 97.0 Å². The van der Waals surface area contributed by atoms with Gasteiger partial charge in [-0.25, -0.2) is 9.97 Å². The summed E-state index contributed by atoms with van der Waals surface area (Å²) >= 11 is 0. The molecular formula is C13H14N4O2. The maximum atomic E-state index is 9.59. The van der Waals surface area contributed by atoms with Gasteiger partial charge in [-0.15, -0.1) is 0 Å². The van der Waals surface area contributed by atoms with E-state index in [1.54, 1.807) is 18.2 Å². The van der Waals surface area contributed by atoms with Gasteiger partial charge < -0.3 is 20.6 Å². The van der Waals surface area contributed by atoms with Crippen LogP contribution in [0.1, 0.15) is 12.7 Å². The number of imidazole rings is 1. The number of phenolic OH excluding ortho intramolecular Hbond substituents is 1. The highest BCUT2D eigenvalue weighted by Gasteiger charge is 2.12. The lowest BCUT2D eigenvalue weighted by molar-refractivity contribution is 0.129. The van der Waals surface area contributed by atoms with Gasteiger partial charge >= 0.3 is 0 Å². The van der Waals surface area contributed by atoms with Crippen molar-refractivity contribution in [2.75, 3.05) is 12.3 Å². The minimum atomic E-state index is 0.176. The molecule has 3 rings (SSSR count). The zero-order valence-electron chi connectivity index (χ0n) is 10.5. The summed E-state index contributed by atoms with van der Waals surface area (Å²) in [6.45, 7) is 2.93. The molecule has 1 aromatic carbocycles. The molecule has 0 spiro atoms. The standard InChI is InChI=1S/C13H14N4O2/c1-2-19-6-10-16-11-8-5-7(18)3-4-9(8)15-13(14)12(11)17-10/h3-5,18H,2,6H2,1H3,(H2,14,15)(H,16,17). The molecule has 98 valence electrons. The quantitative estimate of drug-likeness (QED) is 0.667. The summed E-state index contributed by atoms with van der Waals surface area (Å²) in [6, 6.07) is 4.93. The molecule has 0 unspecified atom stereocenters. The van der Waals surface area contributed by atoms with Crippen molar-refractivity contribution in [3.63, 3.8) is 0 Å². The van der Waals surface area contributed by atoms with Gasteiger partial charge in [0.15, 0.2) is 0 Å². The van der Waals surface area contributed by atoms with Crippen LogP contribution in [0.3, 0.4) is 0 Å². The van der Waals surface area contributed by atoms with Gasteiger partial charge in [-0.3, -0.25) is 0 Å². The second-order valence-corrected chi connectivity index (χ2v) is 4.24. The third-order valence-corrected chi connectivity index (χ3v) is 2.93. The normalized spacial score (nSPS) is 11.4. The number of aromatic hydroxyl groups is 1. The number of nitrogens with two attached hydrogens (primary N) is 1. The van der Waals surface area contributed by atoms with Crippen molar-refractivity contribution in [1.29, 1.82) is 0 Å². The van der Waals surface area contributed by atoms with Crippen LogP contribution in [0.5, 0.6) is 5.75 Å². The first-order valence-electron chi connectivity index (χ1n) is 6.03. The molecule has 19 heavy (non-hydrogen) atoms. The minimum absolute atomic E-state index is 0.176. The SMILES string of the molecule is CCOCc1nc2c([nH]1)c(N)nc1ccc(O)cc12. The predicted octanol–water partition coefficient (Wildman–Crippen LogP) is 1.94. The average Bonchev–Trinajstić information content (AvgIpc) is 2.82. The van der Waals surface area contributed by atoms with Crippen LogP contribution in [0.25, 0.3) is 21.9 Å². The third-order valence-electron chi connectivity index (χ3n) is 2.93. The summed E-state index contributed by atoms with van der Waals surface area (Å²) in [4.78, 5) is 11.9. The fourth-order valence-corrected chi connectivity index (χ4v) is 2.07. The summed E-state index contributed by atoms with van der Waals surface area (Å²) in [5.41, 5.74) is 8.00. The average molecular weight is 258 g/mol.